The van der Waals surface area contributed by atoms with E-state index in [1.54, 1.807) is 75.4 Å². The number of benzene rings is 3. The third-order valence-corrected chi connectivity index (χ3v) is 7.13. The minimum absolute atomic E-state index is 0.0748. The molecule has 3 aromatic carbocycles. The van der Waals surface area contributed by atoms with Crippen molar-refractivity contribution in [3.05, 3.63) is 95.6 Å². The SMILES string of the molecule is COC(=O)C[C@H](NC(=O)[C@H](Cc1cccc(O)c1)NC(=O)OC(C)(C)C)C(=O)N[C@@H](Cc1ccc(B(O)O)cc1)C(=O)OCc1ccccc1. The van der Waals surface area contributed by atoms with Crippen LogP contribution in [0.15, 0.2) is 78.9 Å². The molecule has 0 aliphatic rings. The molecule has 14 nitrogen and oxygen atoms in total. The lowest BCUT2D eigenvalue weighted by molar-refractivity contribution is -0.149. The number of aromatic hydroxyl groups is 1. The van der Waals surface area contributed by atoms with Crippen molar-refractivity contribution in [3.8, 4) is 5.75 Å². The highest BCUT2D eigenvalue weighted by Gasteiger charge is 2.33. The van der Waals surface area contributed by atoms with Gasteiger partial charge in [-0.25, -0.2) is 9.59 Å². The van der Waals surface area contributed by atoms with E-state index in [9.17, 15) is 39.1 Å². The highest BCUT2D eigenvalue weighted by molar-refractivity contribution is 6.58. The summed E-state index contributed by atoms with van der Waals surface area (Å²) >= 11 is 0. The van der Waals surface area contributed by atoms with Crippen LogP contribution in [0, 0.1) is 0 Å². The summed E-state index contributed by atoms with van der Waals surface area (Å²) in [6.07, 6.45) is -1.78. The largest absolute Gasteiger partial charge is 0.508 e. The first kappa shape index (κ1) is 39.0. The van der Waals surface area contributed by atoms with Gasteiger partial charge >= 0.3 is 25.2 Å². The number of ether oxygens (including phenoxy) is 3. The predicted octanol–water partition coefficient (Wildman–Crippen LogP) is 1.03. The molecule has 0 saturated heterocycles. The maximum atomic E-state index is 13.7. The summed E-state index contributed by atoms with van der Waals surface area (Å²) in [6, 6.07) is 16.6. The number of hydrogen-bond donors (Lipinski definition) is 6. The normalized spacial score (nSPS) is 12.8. The van der Waals surface area contributed by atoms with Gasteiger partial charge in [0.15, 0.2) is 0 Å². The first-order valence-electron chi connectivity index (χ1n) is 15.7. The van der Waals surface area contributed by atoms with E-state index in [0.717, 1.165) is 7.11 Å². The number of hydrogen-bond acceptors (Lipinski definition) is 11. The molecule has 15 heteroatoms. The molecule has 266 valence electrons. The molecule has 0 aromatic heterocycles. The minimum atomic E-state index is -1.71. The van der Waals surface area contributed by atoms with Crippen molar-refractivity contribution in [3.63, 3.8) is 0 Å². The first-order valence-corrected chi connectivity index (χ1v) is 15.7. The second-order valence-electron chi connectivity index (χ2n) is 12.4. The second-order valence-corrected chi connectivity index (χ2v) is 12.4. The Kier molecular flexibility index (Phi) is 14.4. The number of rotatable bonds is 15. The number of esters is 2. The average Bonchev–Trinajstić information content (AvgIpc) is 3.06. The van der Waals surface area contributed by atoms with Gasteiger partial charge in [0.05, 0.1) is 13.5 Å². The number of alkyl carbamates (subject to hydrolysis) is 1. The van der Waals surface area contributed by atoms with Crippen LogP contribution < -0.4 is 21.4 Å². The van der Waals surface area contributed by atoms with E-state index in [1.807, 2.05) is 0 Å². The van der Waals surface area contributed by atoms with Gasteiger partial charge in [-0.1, -0.05) is 66.7 Å². The van der Waals surface area contributed by atoms with Gasteiger partial charge in [0.25, 0.3) is 0 Å². The smallest absolute Gasteiger partial charge is 0.488 e. The Morgan fingerprint density at radius 2 is 1.34 bits per heavy atom. The molecule has 0 aliphatic heterocycles. The Labute approximate surface area is 290 Å². The topological polar surface area (TPSA) is 210 Å². The van der Waals surface area contributed by atoms with Crippen LogP contribution in [-0.2, 0) is 52.8 Å². The maximum absolute atomic E-state index is 13.7. The fourth-order valence-electron chi connectivity index (χ4n) is 4.67. The summed E-state index contributed by atoms with van der Waals surface area (Å²) in [7, 11) is -0.607. The van der Waals surface area contributed by atoms with Crippen LogP contribution in [0.5, 0.6) is 5.75 Å². The molecule has 0 bridgehead atoms. The molecular formula is C35H42BN3O11. The molecular weight excluding hydrogens is 649 g/mol. The summed E-state index contributed by atoms with van der Waals surface area (Å²) < 4.78 is 15.6. The van der Waals surface area contributed by atoms with Gasteiger partial charge in [-0.2, -0.15) is 0 Å². The Hall–Kier alpha value is -5.41. The number of carbonyl (C=O) groups is 5. The zero-order valence-corrected chi connectivity index (χ0v) is 28.3. The van der Waals surface area contributed by atoms with Crippen LogP contribution in [-0.4, -0.2) is 83.0 Å². The van der Waals surface area contributed by atoms with E-state index < -0.39 is 67.1 Å². The molecule has 50 heavy (non-hydrogen) atoms. The molecule has 0 heterocycles. The minimum Gasteiger partial charge on any atom is -0.508 e. The van der Waals surface area contributed by atoms with Gasteiger partial charge in [-0.3, -0.25) is 14.4 Å². The molecule has 0 saturated carbocycles. The van der Waals surface area contributed by atoms with Gasteiger partial charge in [0, 0.05) is 12.8 Å². The van der Waals surface area contributed by atoms with Crippen LogP contribution in [0.1, 0.15) is 43.9 Å². The first-order chi connectivity index (χ1) is 23.6. The zero-order valence-electron chi connectivity index (χ0n) is 28.3. The van der Waals surface area contributed by atoms with Gasteiger partial charge in [-0.15, -0.1) is 0 Å². The number of phenolic OH excluding ortho intramolecular Hbond substituents is 1. The standard InChI is InChI=1S/C35H42BN3O11/c1-35(2,3)50-34(45)39-27(19-24-11-8-12-26(40)17-24)31(42)37-28(20-30(41)48-4)32(43)38-29(18-22-13-15-25(16-14-22)36(46)47)33(44)49-21-23-9-6-5-7-10-23/h5-17,27-29,40,46-47H,18-21H2,1-4H3,(H,37,42)(H,38,43)(H,39,45)/t27-,28-,29-/m0/s1. The van der Waals surface area contributed by atoms with Crippen molar-refractivity contribution in [2.45, 2.75) is 70.4 Å². The molecule has 0 aliphatic carbocycles. The van der Waals surface area contributed by atoms with Crippen molar-refractivity contribution < 1.29 is 53.3 Å². The maximum Gasteiger partial charge on any atom is 0.488 e. The van der Waals surface area contributed by atoms with Crippen molar-refractivity contribution in [1.82, 2.24) is 16.0 Å². The number of phenols is 1. The Morgan fingerprint density at radius 3 is 1.94 bits per heavy atom. The Bertz CT molecular complexity index is 1610. The van der Waals surface area contributed by atoms with Crippen molar-refractivity contribution >= 4 is 42.4 Å². The molecule has 0 spiro atoms. The van der Waals surface area contributed by atoms with Crippen molar-refractivity contribution in [2.24, 2.45) is 0 Å². The average molecular weight is 692 g/mol. The number of nitrogens with one attached hydrogen (secondary N) is 3. The Balaban J connectivity index is 1.87. The number of methoxy groups -OCH3 is 1. The summed E-state index contributed by atoms with van der Waals surface area (Å²) in [5.74, 6) is -3.54. The summed E-state index contributed by atoms with van der Waals surface area (Å²) in [5, 5.41) is 36.4. The van der Waals surface area contributed by atoms with Gasteiger partial charge in [0.1, 0.15) is 36.1 Å². The van der Waals surface area contributed by atoms with Crippen molar-refractivity contribution in [1.29, 1.82) is 0 Å². The predicted molar refractivity (Wildman–Crippen MR) is 182 cm³/mol. The van der Waals surface area contributed by atoms with E-state index in [2.05, 4.69) is 16.0 Å². The monoisotopic (exact) mass is 691 g/mol. The number of amides is 3. The third-order valence-electron chi connectivity index (χ3n) is 7.13. The third kappa shape index (κ3) is 13.2. The summed E-state index contributed by atoms with van der Waals surface area (Å²) in [6.45, 7) is 4.81. The van der Waals surface area contributed by atoms with Crippen LogP contribution >= 0.6 is 0 Å². The fourth-order valence-corrected chi connectivity index (χ4v) is 4.67. The molecule has 0 radical (unpaired) electrons. The van der Waals surface area contributed by atoms with E-state index >= 15 is 0 Å². The summed E-state index contributed by atoms with van der Waals surface area (Å²) in [5.41, 5.74) is 1.00. The van der Waals surface area contributed by atoms with Gasteiger partial charge in [-0.05, 0) is 55.1 Å². The molecule has 6 N–H and O–H groups in total. The van der Waals surface area contributed by atoms with E-state index in [1.165, 1.54) is 24.3 Å². The highest BCUT2D eigenvalue weighted by atomic mass is 16.6. The second kappa shape index (κ2) is 18.4. The van der Waals surface area contributed by atoms with E-state index in [0.29, 0.717) is 16.7 Å². The molecule has 0 fully saturated rings. The van der Waals surface area contributed by atoms with Crippen LogP contribution in [0.3, 0.4) is 0 Å². The molecule has 3 rings (SSSR count). The quantitative estimate of drug-likeness (QED) is 0.0753. The lowest BCUT2D eigenvalue weighted by Crippen LogP contribution is -2.57. The lowest BCUT2D eigenvalue weighted by Gasteiger charge is -2.26. The fraction of sp³-hybridized carbons (Fsp3) is 0.343. The Morgan fingerprint density at radius 1 is 0.740 bits per heavy atom. The molecule has 3 atom stereocenters. The zero-order chi connectivity index (χ0) is 36.8. The van der Waals surface area contributed by atoms with Gasteiger partial charge in [0.2, 0.25) is 11.8 Å². The molecule has 0 unspecified atom stereocenters. The van der Waals surface area contributed by atoms with Crippen molar-refractivity contribution in [2.75, 3.05) is 7.11 Å². The van der Waals surface area contributed by atoms with Crippen LogP contribution in [0.25, 0.3) is 0 Å². The summed E-state index contributed by atoms with van der Waals surface area (Å²) in [4.78, 5) is 65.8. The number of carbonyl (C=O) groups excluding carboxylic acids is 5. The van der Waals surface area contributed by atoms with Crippen LogP contribution in [0.4, 0.5) is 4.79 Å². The van der Waals surface area contributed by atoms with E-state index in [4.69, 9.17) is 14.2 Å². The molecule has 3 aromatic rings. The highest BCUT2D eigenvalue weighted by Crippen LogP contribution is 2.15. The van der Waals surface area contributed by atoms with Gasteiger partial charge < -0.3 is 45.3 Å². The molecule has 3 amide bonds. The van der Waals surface area contributed by atoms with Crippen LogP contribution in [0.2, 0.25) is 0 Å². The lowest BCUT2D eigenvalue weighted by atomic mass is 9.80. The van der Waals surface area contributed by atoms with E-state index in [-0.39, 0.29) is 30.7 Å².